The number of halogens is 1. The van der Waals surface area contributed by atoms with E-state index in [1.54, 1.807) is 12.1 Å². The molecule has 1 unspecified atom stereocenters. The first kappa shape index (κ1) is 24.6. The van der Waals surface area contributed by atoms with Crippen molar-refractivity contribution in [3.63, 3.8) is 0 Å². The molecular weight excluding hydrogens is 498 g/mol. The van der Waals surface area contributed by atoms with Gasteiger partial charge in [-0.3, -0.25) is 0 Å². The van der Waals surface area contributed by atoms with E-state index in [0.717, 1.165) is 43.2 Å². The second-order valence-corrected chi connectivity index (χ2v) is 11.1. The molecule has 5 rings (SSSR count). The molecule has 1 aromatic heterocycles. The van der Waals surface area contributed by atoms with E-state index in [1.807, 2.05) is 64.1 Å². The second kappa shape index (κ2) is 9.39. The minimum absolute atomic E-state index is 0.504. The van der Waals surface area contributed by atoms with Gasteiger partial charge in [0.2, 0.25) is 0 Å². The number of rotatable bonds is 5. The molecule has 3 aromatic carbocycles. The number of carbonyl (C=O) groups is 1. The number of aryl methyl sites for hydroxylation is 1. The highest BCUT2D eigenvalue weighted by molar-refractivity contribution is 7.22. The van der Waals surface area contributed by atoms with Crippen LogP contribution in [-0.2, 0) is 9.53 Å². The van der Waals surface area contributed by atoms with Crippen LogP contribution in [0.5, 0.6) is 11.5 Å². The first-order valence-electron chi connectivity index (χ1n) is 11.6. The maximum atomic E-state index is 12.5. The predicted molar refractivity (Wildman–Crippen MR) is 142 cm³/mol. The van der Waals surface area contributed by atoms with Crippen molar-refractivity contribution in [2.24, 2.45) is 0 Å². The lowest BCUT2D eigenvalue weighted by molar-refractivity contribution is -0.160. The van der Waals surface area contributed by atoms with Gasteiger partial charge in [0.15, 0.2) is 17.6 Å². The topological polar surface area (TPSA) is 77.9 Å². The summed E-state index contributed by atoms with van der Waals surface area (Å²) in [7, 11) is 0. The van der Waals surface area contributed by atoms with Crippen LogP contribution in [0.3, 0.4) is 0 Å². The predicted octanol–water partition coefficient (Wildman–Crippen LogP) is 7.30. The number of aromatic nitrogens is 1. The number of ether oxygens (including phenoxy) is 3. The standard InChI is InChI=1S/C28H26ClNO5S/c1-15-13-19-25(36-26(30-19)17-7-10-20-21(14-17)34-12-11-33-20)23(16-5-8-18(29)9-6-16)22(15)24(27(31)32)35-28(2,3)4/h5-10,13-14,24H,11-12H2,1-4H3,(H,31,32). The van der Waals surface area contributed by atoms with E-state index in [4.69, 9.17) is 30.8 Å². The van der Waals surface area contributed by atoms with Crippen molar-refractivity contribution in [1.82, 2.24) is 4.98 Å². The normalized spacial score (nSPS) is 14.1. The second-order valence-electron chi connectivity index (χ2n) is 9.66. The lowest BCUT2D eigenvalue weighted by Crippen LogP contribution is -2.28. The molecule has 1 aliphatic rings. The molecule has 2 heterocycles. The Morgan fingerprint density at radius 3 is 2.39 bits per heavy atom. The molecule has 4 aromatic rings. The Labute approximate surface area is 218 Å². The van der Waals surface area contributed by atoms with Gasteiger partial charge in [-0.25, -0.2) is 9.78 Å². The van der Waals surface area contributed by atoms with Crippen LogP contribution in [0.4, 0.5) is 0 Å². The van der Waals surface area contributed by atoms with Gasteiger partial charge in [0.05, 0.1) is 15.8 Å². The lowest BCUT2D eigenvalue weighted by Gasteiger charge is -2.28. The van der Waals surface area contributed by atoms with Gasteiger partial charge >= 0.3 is 5.97 Å². The average molecular weight is 524 g/mol. The minimum Gasteiger partial charge on any atom is -0.486 e. The van der Waals surface area contributed by atoms with Crippen LogP contribution < -0.4 is 9.47 Å². The molecule has 8 heteroatoms. The summed E-state index contributed by atoms with van der Waals surface area (Å²) in [5.41, 5.74) is 4.08. The highest BCUT2D eigenvalue weighted by atomic mass is 35.5. The van der Waals surface area contributed by atoms with Crippen LogP contribution in [0.15, 0.2) is 48.5 Å². The monoisotopic (exact) mass is 523 g/mol. The first-order chi connectivity index (χ1) is 17.1. The van der Waals surface area contributed by atoms with Gasteiger partial charge in [0.25, 0.3) is 0 Å². The molecule has 0 saturated carbocycles. The van der Waals surface area contributed by atoms with Crippen molar-refractivity contribution >= 4 is 39.1 Å². The Hall–Kier alpha value is -3.13. The Morgan fingerprint density at radius 2 is 1.72 bits per heavy atom. The van der Waals surface area contributed by atoms with E-state index in [0.29, 0.717) is 29.5 Å². The number of benzene rings is 3. The number of thiazole rings is 1. The fourth-order valence-electron chi connectivity index (χ4n) is 4.34. The Bertz CT molecular complexity index is 1460. The van der Waals surface area contributed by atoms with Crippen molar-refractivity contribution in [2.75, 3.05) is 13.2 Å². The number of fused-ring (bicyclic) bond motifs is 2. The van der Waals surface area contributed by atoms with Crippen LogP contribution in [0, 0.1) is 6.92 Å². The van der Waals surface area contributed by atoms with E-state index in [1.165, 1.54) is 11.3 Å². The van der Waals surface area contributed by atoms with Gasteiger partial charge in [-0.05, 0) is 75.2 Å². The zero-order chi connectivity index (χ0) is 25.6. The summed E-state index contributed by atoms with van der Waals surface area (Å²) < 4.78 is 18.4. The number of aliphatic carboxylic acids is 1. The van der Waals surface area contributed by atoms with Crippen LogP contribution >= 0.6 is 22.9 Å². The smallest absolute Gasteiger partial charge is 0.337 e. The molecule has 0 spiro atoms. The highest BCUT2D eigenvalue weighted by Crippen LogP contribution is 2.45. The van der Waals surface area contributed by atoms with Gasteiger partial charge in [-0.2, -0.15) is 0 Å². The zero-order valence-corrected chi connectivity index (χ0v) is 22.0. The molecule has 36 heavy (non-hydrogen) atoms. The van der Waals surface area contributed by atoms with E-state index in [9.17, 15) is 9.90 Å². The third-order valence-corrected chi connectivity index (χ3v) is 7.20. The fraction of sp³-hybridized carbons (Fsp3) is 0.286. The molecule has 0 aliphatic carbocycles. The Kier molecular flexibility index (Phi) is 6.41. The van der Waals surface area contributed by atoms with Crippen molar-refractivity contribution in [1.29, 1.82) is 0 Å². The SMILES string of the molecule is Cc1cc2nc(-c3ccc4c(c3)OCCO4)sc2c(-c2ccc(Cl)cc2)c1C(OC(C)(C)C)C(=O)O. The van der Waals surface area contributed by atoms with Crippen LogP contribution in [0.1, 0.15) is 38.0 Å². The fourth-order valence-corrected chi connectivity index (χ4v) is 5.59. The third-order valence-electron chi connectivity index (χ3n) is 5.81. The zero-order valence-electron chi connectivity index (χ0n) is 20.4. The van der Waals surface area contributed by atoms with Crippen molar-refractivity contribution < 1.29 is 24.1 Å². The summed E-state index contributed by atoms with van der Waals surface area (Å²) in [6.45, 7) is 8.49. The number of nitrogens with zero attached hydrogens (tertiary/aromatic N) is 1. The average Bonchev–Trinajstić information content (AvgIpc) is 3.25. The summed E-state index contributed by atoms with van der Waals surface area (Å²) in [6.07, 6.45) is -1.15. The molecule has 0 radical (unpaired) electrons. The van der Waals surface area contributed by atoms with Crippen LogP contribution in [0.25, 0.3) is 31.9 Å². The summed E-state index contributed by atoms with van der Waals surface area (Å²) in [6, 6.07) is 15.1. The van der Waals surface area contributed by atoms with Gasteiger partial charge in [0.1, 0.15) is 18.2 Å². The highest BCUT2D eigenvalue weighted by Gasteiger charge is 2.32. The van der Waals surface area contributed by atoms with Gasteiger partial charge < -0.3 is 19.3 Å². The maximum absolute atomic E-state index is 12.5. The molecule has 1 aliphatic heterocycles. The van der Waals surface area contributed by atoms with Crippen molar-refractivity contribution in [3.8, 4) is 33.2 Å². The number of hydrogen-bond donors (Lipinski definition) is 1. The largest absolute Gasteiger partial charge is 0.486 e. The molecular formula is C28H26ClNO5S. The molecule has 0 fully saturated rings. The summed E-state index contributed by atoms with van der Waals surface area (Å²) in [4.78, 5) is 17.4. The number of carboxylic acid groups (broad SMARTS) is 1. The molecule has 0 amide bonds. The molecule has 0 bridgehead atoms. The Morgan fingerprint density at radius 1 is 1.06 bits per heavy atom. The van der Waals surface area contributed by atoms with E-state index < -0.39 is 17.7 Å². The molecule has 0 saturated heterocycles. The molecule has 6 nitrogen and oxygen atoms in total. The maximum Gasteiger partial charge on any atom is 0.337 e. The van der Waals surface area contributed by atoms with Gasteiger partial charge in [-0.15, -0.1) is 11.3 Å². The van der Waals surface area contributed by atoms with Crippen molar-refractivity contribution in [2.45, 2.75) is 39.4 Å². The van der Waals surface area contributed by atoms with Crippen LogP contribution in [0.2, 0.25) is 5.02 Å². The summed E-state index contributed by atoms with van der Waals surface area (Å²) in [5, 5.41) is 11.6. The van der Waals surface area contributed by atoms with Crippen LogP contribution in [-0.4, -0.2) is 34.9 Å². The molecule has 186 valence electrons. The minimum atomic E-state index is -1.15. The Balaban J connectivity index is 1.75. The molecule has 1 N–H and O–H groups in total. The third kappa shape index (κ3) is 4.78. The quantitative estimate of drug-likeness (QED) is 0.295. The number of hydrogen-bond acceptors (Lipinski definition) is 6. The number of carboxylic acids is 1. The van der Waals surface area contributed by atoms with Crippen molar-refractivity contribution in [3.05, 3.63) is 64.7 Å². The van der Waals surface area contributed by atoms with E-state index in [-0.39, 0.29) is 0 Å². The van der Waals surface area contributed by atoms with Gasteiger partial charge in [0, 0.05) is 21.7 Å². The summed E-state index contributed by atoms with van der Waals surface area (Å²) >= 11 is 7.69. The first-order valence-corrected chi connectivity index (χ1v) is 12.8. The van der Waals surface area contributed by atoms with E-state index >= 15 is 0 Å². The molecule has 1 atom stereocenters. The lowest BCUT2D eigenvalue weighted by atomic mass is 9.91. The summed E-state index contributed by atoms with van der Waals surface area (Å²) in [5.74, 6) is 0.367. The van der Waals surface area contributed by atoms with Gasteiger partial charge in [-0.1, -0.05) is 23.7 Å². The van der Waals surface area contributed by atoms with E-state index in [2.05, 4.69) is 0 Å².